The van der Waals surface area contributed by atoms with E-state index < -0.39 is 6.10 Å². The van der Waals surface area contributed by atoms with Gasteiger partial charge in [0.05, 0.1) is 6.10 Å². The Balaban J connectivity index is 2.55. The lowest BCUT2D eigenvalue weighted by Crippen LogP contribution is -2.25. The van der Waals surface area contributed by atoms with E-state index in [1.54, 1.807) is 0 Å². The first kappa shape index (κ1) is 7.76. The molecule has 0 fully saturated rings. The first-order valence-corrected chi connectivity index (χ1v) is 3.70. The van der Waals surface area contributed by atoms with Crippen molar-refractivity contribution in [1.82, 2.24) is 0 Å². The van der Waals surface area contributed by atoms with Crippen molar-refractivity contribution in [3.8, 4) is 0 Å². The van der Waals surface area contributed by atoms with E-state index in [4.69, 9.17) is 5.11 Å². The van der Waals surface area contributed by atoms with Crippen LogP contribution in [0.3, 0.4) is 0 Å². The summed E-state index contributed by atoms with van der Waals surface area (Å²) >= 11 is 0. The van der Waals surface area contributed by atoms with Crippen LogP contribution in [0.4, 0.5) is 0 Å². The van der Waals surface area contributed by atoms with E-state index in [1.165, 1.54) is 5.57 Å². The Morgan fingerprint density at radius 3 is 2.90 bits per heavy atom. The number of allylic oxidation sites excluding steroid dienone is 1. The Morgan fingerprint density at radius 2 is 2.40 bits per heavy atom. The Labute approximate surface area is 61.2 Å². The Kier molecular flexibility index (Phi) is 2.46. The fourth-order valence-electron chi connectivity index (χ4n) is 1.29. The molecule has 0 amide bonds. The number of hydrogen-bond acceptors (Lipinski definition) is 2. The maximum absolute atomic E-state index is 9.30. The summed E-state index contributed by atoms with van der Waals surface area (Å²) in [5, 5.41) is 18.1. The van der Waals surface area contributed by atoms with Crippen LogP contribution in [0.25, 0.3) is 0 Å². The molecule has 10 heavy (non-hydrogen) atoms. The molecular weight excluding hydrogens is 128 g/mol. The van der Waals surface area contributed by atoms with Gasteiger partial charge < -0.3 is 10.2 Å². The zero-order valence-electron chi connectivity index (χ0n) is 6.25. The fourth-order valence-corrected chi connectivity index (χ4v) is 1.29. The smallest absolute Gasteiger partial charge is 0.0773 e. The fraction of sp³-hybridized carbons (Fsp3) is 0.750. The third kappa shape index (κ3) is 1.58. The highest BCUT2D eigenvalue weighted by Crippen LogP contribution is 2.22. The van der Waals surface area contributed by atoms with Crippen LogP contribution >= 0.6 is 0 Å². The predicted molar refractivity (Wildman–Crippen MR) is 39.6 cm³/mol. The molecule has 0 aromatic carbocycles. The molecule has 0 saturated heterocycles. The van der Waals surface area contributed by atoms with E-state index in [2.05, 4.69) is 0 Å². The molecule has 0 bridgehead atoms. The van der Waals surface area contributed by atoms with Crippen LogP contribution in [0.5, 0.6) is 0 Å². The first-order valence-electron chi connectivity index (χ1n) is 3.70. The van der Waals surface area contributed by atoms with Crippen molar-refractivity contribution in [2.24, 2.45) is 5.92 Å². The summed E-state index contributed by atoms with van der Waals surface area (Å²) in [6, 6.07) is 0. The van der Waals surface area contributed by atoms with Gasteiger partial charge in [0.15, 0.2) is 0 Å². The van der Waals surface area contributed by atoms with E-state index >= 15 is 0 Å². The van der Waals surface area contributed by atoms with Crippen LogP contribution < -0.4 is 0 Å². The standard InChI is InChI=1S/C8H14O2/c1-6-2-3-7(5-9)8(10)4-6/h4,7-10H,2-3,5H2,1H3. The molecule has 2 N–H and O–H groups in total. The summed E-state index contributed by atoms with van der Waals surface area (Å²) in [7, 11) is 0. The van der Waals surface area contributed by atoms with Crippen molar-refractivity contribution in [1.29, 1.82) is 0 Å². The molecule has 0 aromatic heterocycles. The molecule has 0 aromatic rings. The van der Waals surface area contributed by atoms with Crippen LogP contribution in [0, 0.1) is 5.92 Å². The summed E-state index contributed by atoms with van der Waals surface area (Å²) in [4.78, 5) is 0. The van der Waals surface area contributed by atoms with Crippen molar-refractivity contribution in [2.75, 3.05) is 6.61 Å². The number of aliphatic hydroxyl groups is 2. The number of aliphatic hydroxyl groups excluding tert-OH is 2. The molecule has 1 aliphatic carbocycles. The van der Waals surface area contributed by atoms with Crippen LogP contribution in [0.1, 0.15) is 19.8 Å². The molecule has 0 spiro atoms. The molecule has 0 aliphatic heterocycles. The zero-order valence-corrected chi connectivity index (χ0v) is 6.25. The molecule has 0 heterocycles. The molecule has 0 saturated carbocycles. The second-order valence-corrected chi connectivity index (χ2v) is 2.98. The van der Waals surface area contributed by atoms with Gasteiger partial charge in [-0.2, -0.15) is 0 Å². The SMILES string of the molecule is CC1=CC(O)C(CO)CC1. The molecule has 1 rings (SSSR count). The third-order valence-electron chi connectivity index (χ3n) is 2.08. The van der Waals surface area contributed by atoms with E-state index in [9.17, 15) is 5.11 Å². The zero-order chi connectivity index (χ0) is 7.56. The van der Waals surface area contributed by atoms with Gasteiger partial charge in [-0.3, -0.25) is 0 Å². The molecular formula is C8H14O2. The topological polar surface area (TPSA) is 40.5 Å². The maximum Gasteiger partial charge on any atom is 0.0773 e. The largest absolute Gasteiger partial charge is 0.396 e. The van der Waals surface area contributed by atoms with Crippen molar-refractivity contribution in [3.05, 3.63) is 11.6 Å². The average molecular weight is 142 g/mol. The Hall–Kier alpha value is -0.340. The first-order chi connectivity index (χ1) is 4.74. The highest BCUT2D eigenvalue weighted by molar-refractivity contribution is 5.07. The van der Waals surface area contributed by atoms with Crippen molar-refractivity contribution < 1.29 is 10.2 Å². The molecule has 0 radical (unpaired) electrons. The van der Waals surface area contributed by atoms with Gasteiger partial charge in [0, 0.05) is 12.5 Å². The van der Waals surface area contributed by atoms with Crippen molar-refractivity contribution in [3.63, 3.8) is 0 Å². The molecule has 1 aliphatic rings. The molecule has 2 atom stereocenters. The predicted octanol–water partition coefficient (Wildman–Crippen LogP) is 0.696. The van der Waals surface area contributed by atoms with Crippen LogP contribution in [0.2, 0.25) is 0 Å². The van der Waals surface area contributed by atoms with Crippen LogP contribution in [-0.4, -0.2) is 22.9 Å². The normalized spacial score (nSPS) is 33.7. The minimum absolute atomic E-state index is 0.0729. The van der Waals surface area contributed by atoms with E-state index in [1.807, 2.05) is 13.0 Å². The lowest BCUT2D eigenvalue weighted by atomic mass is 9.89. The summed E-state index contributed by atoms with van der Waals surface area (Å²) < 4.78 is 0. The third-order valence-corrected chi connectivity index (χ3v) is 2.08. The van der Waals surface area contributed by atoms with Gasteiger partial charge in [0.2, 0.25) is 0 Å². The summed E-state index contributed by atoms with van der Waals surface area (Å²) in [5.41, 5.74) is 1.23. The van der Waals surface area contributed by atoms with E-state index in [0.29, 0.717) is 0 Å². The number of hydrogen-bond donors (Lipinski definition) is 2. The van der Waals surface area contributed by atoms with Crippen LogP contribution in [-0.2, 0) is 0 Å². The summed E-state index contributed by atoms with van der Waals surface area (Å²) in [5.74, 6) is 0.0729. The van der Waals surface area contributed by atoms with E-state index in [-0.39, 0.29) is 12.5 Å². The second-order valence-electron chi connectivity index (χ2n) is 2.98. The van der Waals surface area contributed by atoms with E-state index in [0.717, 1.165) is 12.8 Å². The quantitative estimate of drug-likeness (QED) is 0.529. The Morgan fingerprint density at radius 1 is 1.70 bits per heavy atom. The lowest BCUT2D eigenvalue weighted by molar-refractivity contribution is 0.0887. The Bertz CT molecular complexity index is 140. The maximum atomic E-state index is 9.30. The molecule has 58 valence electrons. The minimum atomic E-state index is -0.418. The van der Waals surface area contributed by atoms with Gasteiger partial charge in [0.25, 0.3) is 0 Å². The van der Waals surface area contributed by atoms with Gasteiger partial charge in [0.1, 0.15) is 0 Å². The van der Waals surface area contributed by atoms with Gasteiger partial charge in [-0.1, -0.05) is 11.6 Å². The lowest BCUT2D eigenvalue weighted by Gasteiger charge is -2.23. The number of rotatable bonds is 1. The average Bonchev–Trinajstić information content (AvgIpc) is 1.88. The summed E-state index contributed by atoms with van der Waals surface area (Å²) in [6.45, 7) is 2.11. The van der Waals surface area contributed by atoms with Gasteiger partial charge >= 0.3 is 0 Å². The van der Waals surface area contributed by atoms with Crippen molar-refractivity contribution >= 4 is 0 Å². The van der Waals surface area contributed by atoms with Gasteiger partial charge in [-0.05, 0) is 19.8 Å². The summed E-state index contributed by atoms with van der Waals surface area (Å²) in [6.07, 6.45) is 3.35. The van der Waals surface area contributed by atoms with Crippen molar-refractivity contribution in [2.45, 2.75) is 25.9 Å². The minimum Gasteiger partial charge on any atom is -0.396 e. The molecule has 2 heteroatoms. The van der Waals surface area contributed by atoms with Gasteiger partial charge in [-0.15, -0.1) is 0 Å². The highest BCUT2D eigenvalue weighted by atomic mass is 16.3. The molecule has 2 unspecified atom stereocenters. The monoisotopic (exact) mass is 142 g/mol. The molecule has 2 nitrogen and oxygen atoms in total. The van der Waals surface area contributed by atoms with Crippen LogP contribution in [0.15, 0.2) is 11.6 Å². The van der Waals surface area contributed by atoms with Gasteiger partial charge in [-0.25, -0.2) is 0 Å². The second kappa shape index (κ2) is 3.17. The highest BCUT2D eigenvalue weighted by Gasteiger charge is 2.19.